The second-order valence-electron chi connectivity index (χ2n) is 12.7. The Bertz CT molecular complexity index is 1350. The summed E-state index contributed by atoms with van der Waals surface area (Å²) in [5, 5.41) is 11.2. The SMILES string of the molecule is CCCCC1N(Cc2c(C)noc2C)C(=O)OC12CCN(C1CCN(C(=O)c3c(C)cccc3C)CC1)CC2.O=C(O)C(F)(F)F. The van der Waals surface area contributed by atoms with E-state index >= 15 is 0 Å². The maximum absolute atomic E-state index is 13.3. The third kappa shape index (κ3) is 7.67. The molecule has 0 bridgehead atoms. The molecular formula is C33H45F3N4O6. The van der Waals surface area contributed by atoms with E-state index in [2.05, 4.69) is 17.0 Å². The van der Waals surface area contributed by atoms with Gasteiger partial charge >= 0.3 is 18.2 Å². The Kier molecular flexibility index (Phi) is 11.1. The number of piperidine rings is 2. The average molecular weight is 651 g/mol. The molecule has 3 aliphatic heterocycles. The largest absolute Gasteiger partial charge is 0.490 e. The van der Waals surface area contributed by atoms with E-state index in [1.54, 1.807) is 0 Å². The molecule has 0 radical (unpaired) electrons. The predicted octanol–water partition coefficient (Wildman–Crippen LogP) is 6.19. The second kappa shape index (κ2) is 14.4. The van der Waals surface area contributed by atoms with Crippen LogP contribution in [-0.2, 0) is 16.1 Å². The molecule has 1 aromatic heterocycles. The first kappa shape index (κ1) is 35.2. The lowest BCUT2D eigenvalue weighted by Crippen LogP contribution is -2.56. The fraction of sp³-hybridized carbons (Fsp3) is 0.636. The monoisotopic (exact) mass is 650 g/mol. The first-order chi connectivity index (χ1) is 21.7. The number of carbonyl (C=O) groups excluding carboxylic acids is 2. The molecule has 0 saturated carbocycles. The number of unbranched alkanes of at least 4 members (excludes halogenated alkanes) is 1. The van der Waals surface area contributed by atoms with Crippen molar-refractivity contribution in [3.8, 4) is 0 Å². The van der Waals surface area contributed by atoms with E-state index in [4.69, 9.17) is 19.2 Å². The normalized spacial score (nSPS) is 20.4. The molecule has 1 atom stereocenters. The first-order valence-corrected chi connectivity index (χ1v) is 16.0. The Hall–Kier alpha value is -3.61. The molecule has 3 saturated heterocycles. The fourth-order valence-electron chi connectivity index (χ4n) is 7.05. The van der Waals surface area contributed by atoms with Crippen LogP contribution in [0, 0.1) is 27.7 Å². The van der Waals surface area contributed by atoms with E-state index in [1.165, 1.54) is 0 Å². The number of aromatic nitrogens is 1. The van der Waals surface area contributed by atoms with E-state index in [0.717, 1.165) is 105 Å². The molecule has 0 aliphatic carbocycles. The van der Waals surface area contributed by atoms with Crippen molar-refractivity contribution in [2.75, 3.05) is 26.2 Å². The van der Waals surface area contributed by atoms with Crippen LogP contribution in [0.2, 0.25) is 0 Å². The first-order valence-electron chi connectivity index (χ1n) is 16.0. The molecule has 2 aromatic rings. The highest BCUT2D eigenvalue weighted by atomic mass is 19.4. The van der Waals surface area contributed by atoms with Crippen LogP contribution in [0.15, 0.2) is 22.7 Å². The number of carboxylic acid groups (broad SMARTS) is 1. The molecule has 1 unspecified atom stereocenters. The van der Waals surface area contributed by atoms with E-state index < -0.39 is 17.7 Å². The van der Waals surface area contributed by atoms with E-state index in [-0.39, 0.29) is 18.0 Å². The Labute approximate surface area is 267 Å². The number of aliphatic carboxylic acids is 1. The Balaban J connectivity index is 0.000000617. The van der Waals surface area contributed by atoms with Crippen LogP contribution in [0.4, 0.5) is 18.0 Å². The zero-order chi connectivity index (χ0) is 33.8. The summed E-state index contributed by atoms with van der Waals surface area (Å²) in [6.07, 6.45) is 1.50. The van der Waals surface area contributed by atoms with Gasteiger partial charge in [0.2, 0.25) is 0 Å². The smallest absolute Gasteiger partial charge is 0.475 e. The summed E-state index contributed by atoms with van der Waals surface area (Å²) in [4.78, 5) is 41.9. The van der Waals surface area contributed by atoms with Gasteiger partial charge < -0.3 is 19.3 Å². The molecule has 2 amide bonds. The Morgan fingerprint density at radius 2 is 1.63 bits per heavy atom. The van der Waals surface area contributed by atoms with Crippen LogP contribution in [0.1, 0.15) is 90.4 Å². The van der Waals surface area contributed by atoms with Gasteiger partial charge in [-0.1, -0.05) is 43.1 Å². The zero-order valence-corrected chi connectivity index (χ0v) is 27.3. The standard InChI is InChI=1S/C31H44N4O4.C2HF3O2/c1-6-7-11-27-31(38-30(37)35(27)20-26-23(4)32-39-24(26)5)14-18-33(19-15-31)25-12-16-34(17-13-25)29(36)28-21(2)9-8-10-22(28)3;3-2(4,5)1(6)7/h8-10,25,27H,6-7,11-20H2,1-5H3;(H,6,7). The second-order valence-corrected chi connectivity index (χ2v) is 12.7. The van der Waals surface area contributed by atoms with Crippen LogP contribution in [0.25, 0.3) is 0 Å². The van der Waals surface area contributed by atoms with Gasteiger partial charge in [0.15, 0.2) is 0 Å². The van der Waals surface area contributed by atoms with Gasteiger partial charge in [-0.15, -0.1) is 0 Å². The van der Waals surface area contributed by atoms with Gasteiger partial charge in [0.25, 0.3) is 5.91 Å². The van der Waals surface area contributed by atoms with Crippen molar-refractivity contribution in [1.29, 1.82) is 0 Å². The molecule has 46 heavy (non-hydrogen) atoms. The van der Waals surface area contributed by atoms with Crippen molar-refractivity contribution in [2.45, 2.75) is 110 Å². The highest BCUT2D eigenvalue weighted by Crippen LogP contribution is 2.42. The lowest BCUT2D eigenvalue weighted by atomic mass is 9.81. The summed E-state index contributed by atoms with van der Waals surface area (Å²) in [6, 6.07) is 6.60. The highest BCUT2D eigenvalue weighted by Gasteiger charge is 2.55. The lowest BCUT2D eigenvalue weighted by molar-refractivity contribution is -0.192. The van der Waals surface area contributed by atoms with Crippen LogP contribution >= 0.6 is 0 Å². The number of benzene rings is 1. The lowest BCUT2D eigenvalue weighted by Gasteiger charge is -2.46. The summed E-state index contributed by atoms with van der Waals surface area (Å²) >= 11 is 0. The number of likely N-dealkylation sites (tertiary alicyclic amines) is 2. The minimum Gasteiger partial charge on any atom is -0.475 e. The van der Waals surface area contributed by atoms with Gasteiger partial charge in [0.05, 0.1) is 18.3 Å². The molecule has 254 valence electrons. The quantitative estimate of drug-likeness (QED) is 0.377. The molecule has 5 rings (SSSR count). The molecule has 10 nitrogen and oxygen atoms in total. The van der Waals surface area contributed by atoms with Crippen LogP contribution in [0.5, 0.6) is 0 Å². The predicted molar refractivity (Wildman–Crippen MR) is 163 cm³/mol. The summed E-state index contributed by atoms with van der Waals surface area (Å²) in [5.74, 6) is -1.82. The van der Waals surface area contributed by atoms with Gasteiger partial charge in [0, 0.05) is 56.2 Å². The number of carbonyl (C=O) groups is 3. The molecule has 3 aliphatic rings. The zero-order valence-electron chi connectivity index (χ0n) is 27.3. The maximum atomic E-state index is 13.3. The van der Waals surface area contributed by atoms with Crippen molar-refractivity contribution in [1.82, 2.24) is 19.9 Å². The number of hydrogen-bond donors (Lipinski definition) is 1. The van der Waals surface area contributed by atoms with Crippen molar-refractivity contribution in [2.24, 2.45) is 0 Å². The van der Waals surface area contributed by atoms with Crippen LogP contribution in [-0.4, -0.2) is 93.0 Å². The Morgan fingerprint density at radius 3 is 2.13 bits per heavy atom. The molecule has 1 N–H and O–H groups in total. The van der Waals surface area contributed by atoms with Crippen LogP contribution in [0.3, 0.4) is 0 Å². The minimum atomic E-state index is -5.08. The number of halogens is 3. The van der Waals surface area contributed by atoms with Crippen molar-refractivity contribution < 1.29 is 41.9 Å². The maximum Gasteiger partial charge on any atom is 0.490 e. The van der Waals surface area contributed by atoms with Crippen LogP contribution < -0.4 is 0 Å². The number of rotatable bonds is 7. The number of nitrogens with zero attached hydrogens (tertiary/aromatic N) is 4. The summed E-state index contributed by atoms with van der Waals surface area (Å²) in [6.45, 7) is 14.0. The topological polar surface area (TPSA) is 116 Å². The van der Waals surface area contributed by atoms with Gasteiger partial charge in [-0.25, -0.2) is 9.59 Å². The summed E-state index contributed by atoms with van der Waals surface area (Å²) in [7, 11) is 0. The molecule has 1 spiro atoms. The van der Waals surface area contributed by atoms with Crippen molar-refractivity contribution >= 4 is 18.0 Å². The van der Waals surface area contributed by atoms with E-state index in [9.17, 15) is 22.8 Å². The van der Waals surface area contributed by atoms with Gasteiger partial charge in [-0.05, 0) is 58.1 Å². The number of aryl methyl sites for hydroxylation is 4. The van der Waals surface area contributed by atoms with E-state index in [1.807, 2.05) is 55.7 Å². The van der Waals surface area contributed by atoms with Gasteiger partial charge in [-0.3, -0.25) is 14.6 Å². The van der Waals surface area contributed by atoms with E-state index in [0.29, 0.717) is 12.6 Å². The number of hydrogen-bond acceptors (Lipinski definition) is 7. The third-order valence-corrected chi connectivity index (χ3v) is 9.70. The van der Waals surface area contributed by atoms with Gasteiger partial charge in [-0.2, -0.15) is 13.2 Å². The molecule has 4 heterocycles. The third-order valence-electron chi connectivity index (χ3n) is 9.70. The van der Waals surface area contributed by atoms with Gasteiger partial charge in [0.1, 0.15) is 11.4 Å². The highest BCUT2D eigenvalue weighted by molar-refractivity contribution is 5.97. The molecule has 13 heteroatoms. The molecular weight excluding hydrogens is 605 g/mol. The van der Waals surface area contributed by atoms with Crippen molar-refractivity contribution in [3.05, 3.63) is 51.9 Å². The number of ether oxygens (including phenoxy) is 1. The molecule has 1 aromatic carbocycles. The number of alkyl halides is 3. The Morgan fingerprint density at radius 1 is 1.04 bits per heavy atom. The number of carboxylic acids is 1. The minimum absolute atomic E-state index is 0.0672. The summed E-state index contributed by atoms with van der Waals surface area (Å²) < 4.78 is 43.4. The summed E-state index contributed by atoms with van der Waals surface area (Å²) in [5.41, 5.74) is 4.36. The molecule has 3 fully saturated rings. The number of amides is 2. The average Bonchev–Trinajstić information content (AvgIpc) is 3.45. The van der Waals surface area contributed by atoms with Crippen molar-refractivity contribution in [3.63, 3.8) is 0 Å². The fourth-order valence-corrected chi connectivity index (χ4v) is 7.05.